The van der Waals surface area contributed by atoms with E-state index in [1.807, 2.05) is 18.2 Å². The fourth-order valence-corrected chi connectivity index (χ4v) is 4.57. The van der Waals surface area contributed by atoms with E-state index in [1.54, 1.807) is 22.3 Å². The highest BCUT2D eigenvalue weighted by atomic mass is 32.1. The highest BCUT2D eigenvalue weighted by Gasteiger charge is 2.24. The number of hydrogen-bond donors (Lipinski definition) is 1. The number of ether oxygens (including phenoxy) is 1. The summed E-state index contributed by atoms with van der Waals surface area (Å²) >= 11 is 1.67. The van der Waals surface area contributed by atoms with Gasteiger partial charge in [0.25, 0.3) is 5.91 Å². The number of aromatic hydroxyl groups is 1. The Bertz CT molecular complexity index is 1210. The van der Waals surface area contributed by atoms with Crippen molar-refractivity contribution in [2.24, 2.45) is 0 Å². The third-order valence-corrected chi connectivity index (χ3v) is 5.94. The van der Waals surface area contributed by atoms with Crippen LogP contribution < -0.4 is 4.74 Å². The van der Waals surface area contributed by atoms with Crippen molar-refractivity contribution in [2.45, 2.75) is 6.54 Å². The smallest absolute Gasteiger partial charge is 0.274 e. The molecule has 144 valence electrons. The molecule has 1 aliphatic heterocycles. The van der Waals surface area contributed by atoms with Crippen LogP contribution in [0, 0.1) is 0 Å². The quantitative estimate of drug-likeness (QED) is 0.545. The van der Waals surface area contributed by atoms with Gasteiger partial charge in [-0.3, -0.25) is 9.78 Å². The average Bonchev–Trinajstić information content (AvgIpc) is 3.06. The monoisotopic (exact) mass is 403 g/mol. The summed E-state index contributed by atoms with van der Waals surface area (Å²) in [7, 11) is 0. The number of fused-ring (bicyclic) bond motifs is 2. The zero-order valence-corrected chi connectivity index (χ0v) is 16.2. The second-order valence-electron chi connectivity index (χ2n) is 6.79. The molecule has 7 heteroatoms. The van der Waals surface area contributed by atoms with Gasteiger partial charge in [-0.2, -0.15) is 0 Å². The third-order valence-electron chi connectivity index (χ3n) is 4.98. The van der Waals surface area contributed by atoms with E-state index >= 15 is 0 Å². The zero-order valence-electron chi connectivity index (χ0n) is 15.4. The minimum absolute atomic E-state index is 0.0848. The van der Waals surface area contributed by atoms with Crippen LogP contribution in [0.1, 0.15) is 16.1 Å². The van der Waals surface area contributed by atoms with Crippen molar-refractivity contribution in [1.29, 1.82) is 0 Å². The van der Waals surface area contributed by atoms with Crippen molar-refractivity contribution in [1.82, 2.24) is 14.9 Å². The Kier molecular flexibility index (Phi) is 4.37. The molecule has 0 aliphatic carbocycles. The summed E-state index contributed by atoms with van der Waals surface area (Å²) in [5.74, 6) is 0.310. The molecule has 0 fully saturated rings. The van der Waals surface area contributed by atoms with Gasteiger partial charge in [0.15, 0.2) is 11.5 Å². The molecule has 0 spiro atoms. The summed E-state index contributed by atoms with van der Waals surface area (Å²) in [5.41, 5.74) is 3.01. The molecule has 0 radical (unpaired) electrons. The Labute approximate surface area is 171 Å². The van der Waals surface area contributed by atoms with Crippen molar-refractivity contribution >= 4 is 27.3 Å². The van der Waals surface area contributed by atoms with Crippen molar-refractivity contribution < 1.29 is 14.6 Å². The summed E-state index contributed by atoms with van der Waals surface area (Å²) in [4.78, 5) is 22.6. The molecule has 4 aromatic rings. The van der Waals surface area contributed by atoms with Gasteiger partial charge in [-0.15, -0.1) is 11.3 Å². The minimum atomic E-state index is -0.208. The first-order valence-electron chi connectivity index (χ1n) is 9.21. The molecule has 5 rings (SSSR count). The van der Waals surface area contributed by atoms with Gasteiger partial charge in [-0.1, -0.05) is 18.2 Å². The Morgan fingerprint density at radius 2 is 2.10 bits per heavy atom. The predicted octanol–water partition coefficient (Wildman–Crippen LogP) is 4.10. The van der Waals surface area contributed by atoms with E-state index in [0.717, 1.165) is 22.1 Å². The number of nitrogens with zero attached hydrogens (tertiary/aromatic N) is 3. The van der Waals surface area contributed by atoms with Crippen LogP contribution >= 0.6 is 11.3 Å². The van der Waals surface area contributed by atoms with Gasteiger partial charge in [0.2, 0.25) is 0 Å². The van der Waals surface area contributed by atoms with E-state index in [2.05, 4.69) is 27.5 Å². The van der Waals surface area contributed by atoms with Crippen LogP contribution in [0.25, 0.3) is 21.2 Å². The lowest BCUT2D eigenvalue weighted by molar-refractivity contribution is 0.0726. The second-order valence-corrected chi connectivity index (χ2v) is 7.71. The Morgan fingerprint density at radius 3 is 2.97 bits per heavy atom. The van der Waals surface area contributed by atoms with Crippen LogP contribution in [-0.2, 0) is 6.54 Å². The van der Waals surface area contributed by atoms with Crippen molar-refractivity contribution in [3.63, 3.8) is 0 Å². The number of aromatic nitrogens is 2. The molecule has 0 atom stereocenters. The molecule has 0 saturated carbocycles. The van der Waals surface area contributed by atoms with Crippen molar-refractivity contribution in [3.05, 3.63) is 71.6 Å². The normalized spacial score (nSPS) is 13.6. The maximum Gasteiger partial charge on any atom is 0.274 e. The molecular formula is C22H17N3O3S. The number of benzene rings is 2. The van der Waals surface area contributed by atoms with Gasteiger partial charge in [0.1, 0.15) is 12.3 Å². The van der Waals surface area contributed by atoms with E-state index in [0.29, 0.717) is 31.1 Å². The summed E-state index contributed by atoms with van der Waals surface area (Å²) in [6.45, 7) is 1.03. The van der Waals surface area contributed by atoms with E-state index in [9.17, 15) is 9.90 Å². The molecule has 2 aromatic heterocycles. The second kappa shape index (κ2) is 7.18. The Morgan fingerprint density at radius 1 is 1.21 bits per heavy atom. The maximum absolute atomic E-state index is 12.8. The maximum atomic E-state index is 12.8. The standard InChI is InChI=1S/C22H17N3O3S/c26-19-10-14(17-13-29-20-4-2-1-3-16(17)20)9-15-12-25(7-8-28-21(15)19)22(27)18-11-23-5-6-24-18/h1-6,9-11,13,26H,7-8,12H2. The number of carbonyl (C=O) groups is 1. The summed E-state index contributed by atoms with van der Waals surface area (Å²) in [6, 6.07) is 11.9. The van der Waals surface area contributed by atoms with Gasteiger partial charge in [0.05, 0.1) is 12.7 Å². The van der Waals surface area contributed by atoms with Crippen LogP contribution in [0.2, 0.25) is 0 Å². The molecule has 0 bridgehead atoms. The number of amides is 1. The Balaban J connectivity index is 1.54. The van der Waals surface area contributed by atoms with Crippen LogP contribution in [0.5, 0.6) is 11.5 Å². The lowest BCUT2D eigenvalue weighted by Gasteiger charge is -2.19. The van der Waals surface area contributed by atoms with Gasteiger partial charge in [0, 0.05) is 40.2 Å². The van der Waals surface area contributed by atoms with Crippen LogP contribution in [0.15, 0.2) is 60.4 Å². The van der Waals surface area contributed by atoms with E-state index in [4.69, 9.17) is 4.74 Å². The summed E-state index contributed by atoms with van der Waals surface area (Å²) in [5, 5.41) is 13.9. The van der Waals surface area contributed by atoms with Gasteiger partial charge in [-0.25, -0.2) is 4.98 Å². The number of rotatable bonds is 2. The summed E-state index contributed by atoms with van der Waals surface area (Å²) < 4.78 is 6.97. The first-order chi connectivity index (χ1) is 14.2. The van der Waals surface area contributed by atoms with E-state index < -0.39 is 0 Å². The topological polar surface area (TPSA) is 75.6 Å². The number of thiophene rings is 1. The van der Waals surface area contributed by atoms with Crippen molar-refractivity contribution in [2.75, 3.05) is 13.2 Å². The van der Waals surface area contributed by atoms with Crippen LogP contribution in [0.4, 0.5) is 0 Å². The lowest BCUT2D eigenvalue weighted by Crippen LogP contribution is -2.33. The molecule has 2 aromatic carbocycles. The molecule has 3 heterocycles. The first-order valence-corrected chi connectivity index (χ1v) is 10.1. The van der Waals surface area contributed by atoms with Crippen molar-refractivity contribution in [3.8, 4) is 22.6 Å². The number of hydrogen-bond acceptors (Lipinski definition) is 6. The molecule has 1 aliphatic rings. The van der Waals surface area contributed by atoms with E-state index in [1.165, 1.54) is 23.3 Å². The van der Waals surface area contributed by atoms with Gasteiger partial charge < -0.3 is 14.7 Å². The average molecular weight is 403 g/mol. The molecule has 0 unspecified atom stereocenters. The highest BCUT2D eigenvalue weighted by molar-refractivity contribution is 7.17. The molecule has 6 nitrogen and oxygen atoms in total. The first kappa shape index (κ1) is 17.6. The number of phenolic OH excluding ortho intramolecular Hbond substituents is 1. The molecule has 1 amide bonds. The molecule has 0 saturated heterocycles. The lowest BCUT2D eigenvalue weighted by atomic mass is 10.0. The van der Waals surface area contributed by atoms with Gasteiger partial charge in [-0.05, 0) is 29.1 Å². The third kappa shape index (κ3) is 3.19. The SMILES string of the molecule is O=C(c1cnccn1)N1CCOc2c(O)cc(-c3csc4ccccc34)cc2C1. The fourth-order valence-electron chi connectivity index (χ4n) is 3.60. The predicted molar refractivity (Wildman–Crippen MR) is 111 cm³/mol. The van der Waals surface area contributed by atoms with E-state index in [-0.39, 0.29) is 11.7 Å². The van der Waals surface area contributed by atoms with Crippen LogP contribution in [-0.4, -0.2) is 39.0 Å². The zero-order chi connectivity index (χ0) is 19.8. The molecular weight excluding hydrogens is 386 g/mol. The largest absolute Gasteiger partial charge is 0.504 e. The Hall–Kier alpha value is -3.45. The summed E-state index contributed by atoms with van der Waals surface area (Å²) in [6.07, 6.45) is 4.49. The highest BCUT2D eigenvalue weighted by Crippen LogP contribution is 2.41. The molecule has 1 N–H and O–H groups in total. The van der Waals surface area contributed by atoms with Crippen LogP contribution in [0.3, 0.4) is 0 Å². The number of phenols is 1. The minimum Gasteiger partial charge on any atom is -0.504 e. The fraction of sp³-hybridized carbons (Fsp3) is 0.136. The molecule has 29 heavy (non-hydrogen) atoms. The van der Waals surface area contributed by atoms with Gasteiger partial charge >= 0.3 is 0 Å². The number of carbonyl (C=O) groups excluding carboxylic acids is 1.